The summed E-state index contributed by atoms with van der Waals surface area (Å²) in [4.78, 5) is 24.4. The van der Waals surface area contributed by atoms with Gasteiger partial charge in [0, 0.05) is 12.1 Å². The average molecular weight is 266 g/mol. The number of aliphatic carboxylic acids is 1. The molecule has 1 atom stereocenters. The maximum Gasteiger partial charge on any atom is 0.328 e. The maximum absolute atomic E-state index is 11.8. The third-order valence-electron chi connectivity index (χ3n) is 2.50. The van der Waals surface area contributed by atoms with Gasteiger partial charge in [-0.25, -0.2) is 4.79 Å². The molecule has 0 spiro atoms. The predicted molar refractivity (Wildman–Crippen MR) is 69.8 cm³/mol. The van der Waals surface area contributed by atoms with Crippen LogP contribution in [0.5, 0.6) is 0 Å². The van der Waals surface area contributed by atoms with Crippen LogP contribution in [0.15, 0.2) is 24.3 Å². The zero-order valence-corrected chi connectivity index (χ0v) is 11.0. The van der Waals surface area contributed by atoms with E-state index in [-0.39, 0.29) is 0 Å². The van der Waals surface area contributed by atoms with Crippen LogP contribution in [-0.2, 0) is 11.3 Å². The van der Waals surface area contributed by atoms with Crippen LogP contribution in [0.3, 0.4) is 0 Å². The van der Waals surface area contributed by atoms with Gasteiger partial charge in [-0.15, -0.1) is 0 Å². The number of amides is 1. The lowest BCUT2D eigenvalue weighted by molar-refractivity contribution is -0.140. The normalized spacial score (nSPS) is 12.2. The Morgan fingerprint density at radius 2 is 1.84 bits per heavy atom. The number of hydrogen-bond acceptors (Lipinski definition) is 4. The SMILES string of the molecule is CN(C)Cc1ccc(C(=O)N[C@H](CO)C(=O)O)cc1. The lowest BCUT2D eigenvalue weighted by Gasteiger charge is -2.12. The molecule has 0 bridgehead atoms. The summed E-state index contributed by atoms with van der Waals surface area (Å²) in [5.41, 5.74) is 1.42. The van der Waals surface area contributed by atoms with Crippen molar-refractivity contribution in [2.24, 2.45) is 0 Å². The molecular formula is C13H18N2O4. The molecule has 0 aliphatic carbocycles. The van der Waals surface area contributed by atoms with Crippen molar-refractivity contribution in [2.75, 3.05) is 20.7 Å². The standard InChI is InChI=1S/C13H18N2O4/c1-15(2)7-9-3-5-10(6-4-9)12(17)14-11(8-16)13(18)19/h3-6,11,16H,7-8H2,1-2H3,(H,14,17)(H,18,19)/t11-/m1/s1. The molecule has 0 aliphatic heterocycles. The van der Waals surface area contributed by atoms with Crippen molar-refractivity contribution >= 4 is 11.9 Å². The largest absolute Gasteiger partial charge is 0.480 e. The summed E-state index contributed by atoms with van der Waals surface area (Å²) >= 11 is 0. The van der Waals surface area contributed by atoms with E-state index in [1.807, 2.05) is 31.1 Å². The second-order valence-corrected chi connectivity index (χ2v) is 4.48. The van der Waals surface area contributed by atoms with Gasteiger partial charge in [0.25, 0.3) is 5.91 Å². The molecule has 0 fully saturated rings. The molecule has 0 unspecified atom stereocenters. The van der Waals surface area contributed by atoms with Crippen molar-refractivity contribution in [3.05, 3.63) is 35.4 Å². The van der Waals surface area contributed by atoms with E-state index in [0.29, 0.717) is 5.56 Å². The van der Waals surface area contributed by atoms with E-state index in [2.05, 4.69) is 5.32 Å². The summed E-state index contributed by atoms with van der Waals surface area (Å²) in [7, 11) is 3.89. The third-order valence-corrected chi connectivity index (χ3v) is 2.50. The first-order valence-electron chi connectivity index (χ1n) is 5.82. The minimum atomic E-state index is -1.28. The summed E-state index contributed by atoms with van der Waals surface area (Å²) in [6, 6.07) is 5.59. The van der Waals surface area contributed by atoms with E-state index in [9.17, 15) is 9.59 Å². The molecule has 1 amide bonds. The fraction of sp³-hybridized carbons (Fsp3) is 0.385. The van der Waals surface area contributed by atoms with Crippen LogP contribution >= 0.6 is 0 Å². The van der Waals surface area contributed by atoms with E-state index in [1.54, 1.807) is 12.1 Å². The van der Waals surface area contributed by atoms with Gasteiger partial charge in [0.15, 0.2) is 6.04 Å². The number of aliphatic hydroxyl groups excluding tert-OH is 1. The van der Waals surface area contributed by atoms with Gasteiger partial charge in [0.2, 0.25) is 0 Å². The first-order valence-corrected chi connectivity index (χ1v) is 5.82. The molecule has 0 aliphatic rings. The second-order valence-electron chi connectivity index (χ2n) is 4.48. The van der Waals surface area contributed by atoms with Crippen molar-refractivity contribution < 1.29 is 19.8 Å². The quantitative estimate of drug-likeness (QED) is 0.670. The number of carbonyl (C=O) groups is 2. The summed E-state index contributed by atoms with van der Waals surface area (Å²) in [5.74, 6) is -1.78. The Labute approximate surface area is 111 Å². The van der Waals surface area contributed by atoms with Crippen LogP contribution in [-0.4, -0.2) is 53.7 Å². The highest BCUT2D eigenvalue weighted by molar-refractivity contribution is 5.96. The lowest BCUT2D eigenvalue weighted by atomic mass is 10.1. The molecule has 0 saturated carbocycles. The van der Waals surface area contributed by atoms with Gasteiger partial charge in [0.05, 0.1) is 6.61 Å². The van der Waals surface area contributed by atoms with Gasteiger partial charge in [-0.2, -0.15) is 0 Å². The summed E-state index contributed by atoms with van der Waals surface area (Å²) in [5, 5.41) is 19.8. The van der Waals surface area contributed by atoms with Crippen LogP contribution in [0.2, 0.25) is 0 Å². The van der Waals surface area contributed by atoms with E-state index < -0.39 is 24.5 Å². The van der Waals surface area contributed by atoms with Gasteiger partial charge in [-0.3, -0.25) is 4.79 Å². The summed E-state index contributed by atoms with van der Waals surface area (Å²) in [6.45, 7) is 0.121. The minimum Gasteiger partial charge on any atom is -0.480 e. The van der Waals surface area contributed by atoms with Gasteiger partial charge in [-0.1, -0.05) is 12.1 Å². The Kier molecular flexibility index (Phi) is 5.47. The molecule has 1 aromatic carbocycles. The molecule has 6 nitrogen and oxygen atoms in total. The molecule has 3 N–H and O–H groups in total. The highest BCUT2D eigenvalue weighted by atomic mass is 16.4. The number of carboxylic acids is 1. The fourth-order valence-corrected chi connectivity index (χ4v) is 1.55. The molecular weight excluding hydrogens is 248 g/mol. The molecule has 0 radical (unpaired) electrons. The fourth-order valence-electron chi connectivity index (χ4n) is 1.55. The highest BCUT2D eigenvalue weighted by Gasteiger charge is 2.19. The Morgan fingerprint density at radius 3 is 2.26 bits per heavy atom. The second kappa shape index (κ2) is 6.86. The first kappa shape index (κ1) is 15.1. The van der Waals surface area contributed by atoms with Crippen LogP contribution in [0, 0.1) is 0 Å². The number of nitrogens with zero attached hydrogens (tertiary/aromatic N) is 1. The zero-order chi connectivity index (χ0) is 14.4. The van der Waals surface area contributed by atoms with Gasteiger partial charge >= 0.3 is 5.97 Å². The third kappa shape index (κ3) is 4.69. The smallest absolute Gasteiger partial charge is 0.328 e. The number of nitrogens with one attached hydrogen (secondary N) is 1. The van der Waals surface area contributed by atoms with Crippen LogP contribution in [0.25, 0.3) is 0 Å². The molecule has 0 saturated heterocycles. The molecule has 0 aromatic heterocycles. The molecule has 6 heteroatoms. The highest BCUT2D eigenvalue weighted by Crippen LogP contribution is 2.06. The van der Waals surface area contributed by atoms with Crippen molar-refractivity contribution in [3.63, 3.8) is 0 Å². The van der Waals surface area contributed by atoms with Gasteiger partial charge in [-0.05, 0) is 31.8 Å². The van der Waals surface area contributed by atoms with Crippen LogP contribution < -0.4 is 5.32 Å². The van der Waals surface area contributed by atoms with Crippen molar-refractivity contribution in [3.8, 4) is 0 Å². The summed E-state index contributed by atoms with van der Waals surface area (Å²) in [6.07, 6.45) is 0. The van der Waals surface area contributed by atoms with Gasteiger partial charge < -0.3 is 20.4 Å². The molecule has 1 rings (SSSR count). The van der Waals surface area contributed by atoms with Crippen molar-refractivity contribution in [1.29, 1.82) is 0 Å². The van der Waals surface area contributed by atoms with Crippen LogP contribution in [0.4, 0.5) is 0 Å². The molecule has 104 valence electrons. The molecule has 1 aromatic rings. The number of aliphatic hydroxyl groups is 1. The monoisotopic (exact) mass is 266 g/mol. The van der Waals surface area contributed by atoms with Gasteiger partial charge in [0.1, 0.15) is 0 Å². The Morgan fingerprint density at radius 1 is 1.26 bits per heavy atom. The first-order chi connectivity index (χ1) is 8.93. The molecule has 0 heterocycles. The molecule has 19 heavy (non-hydrogen) atoms. The minimum absolute atomic E-state index is 0.363. The van der Waals surface area contributed by atoms with E-state index in [0.717, 1.165) is 12.1 Å². The average Bonchev–Trinajstić information content (AvgIpc) is 2.35. The number of carbonyl (C=O) groups excluding carboxylic acids is 1. The number of carboxylic acid groups (broad SMARTS) is 1. The Balaban J connectivity index is 2.70. The topological polar surface area (TPSA) is 89.9 Å². The Bertz CT molecular complexity index is 442. The van der Waals surface area contributed by atoms with E-state index >= 15 is 0 Å². The Hall–Kier alpha value is -1.92. The number of benzene rings is 1. The van der Waals surface area contributed by atoms with Crippen molar-refractivity contribution in [2.45, 2.75) is 12.6 Å². The maximum atomic E-state index is 11.8. The lowest BCUT2D eigenvalue weighted by Crippen LogP contribution is -2.43. The zero-order valence-electron chi connectivity index (χ0n) is 11.0. The van der Waals surface area contributed by atoms with E-state index in [1.165, 1.54) is 0 Å². The van der Waals surface area contributed by atoms with E-state index in [4.69, 9.17) is 10.2 Å². The number of rotatable bonds is 6. The van der Waals surface area contributed by atoms with Crippen LogP contribution in [0.1, 0.15) is 15.9 Å². The van der Waals surface area contributed by atoms with Crippen molar-refractivity contribution in [1.82, 2.24) is 10.2 Å². The predicted octanol–water partition coefficient (Wildman–Crippen LogP) is -0.0765. The summed E-state index contributed by atoms with van der Waals surface area (Å²) < 4.78 is 0. The number of hydrogen-bond donors (Lipinski definition) is 3.